The summed E-state index contributed by atoms with van der Waals surface area (Å²) in [5.74, 6) is 0. The Balaban J connectivity index is 1.67. The molecule has 262 valence electrons. The smallest absolute Gasteiger partial charge is 0.146 e. The highest BCUT2D eigenvalue weighted by Crippen LogP contribution is 2.39. The SMILES string of the molecule is CCCCCCCCCCCCc1c2cc3cc(=C(C#N)C#N)sc3c(CCCCCCCCCCCC)c2cc2cc(=C(C#N)C#N)sc12. The summed E-state index contributed by atoms with van der Waals surface area (Å²) in [6, 6.07) is 17.1. The third-order valence-electron chi connectivity index (χ3n) is 10.1. The van der Waals surface area contributed by atoms with Gasteiger partial charge in [-0.3, -0.25) is 0 Å². The van der Waals surface area contributed by atoms with Crippen LogP contribution in [0.3, 0.4) is 0 Å². The topological polar surface area (TPSA) is 95.2 Å². The molecule has 0 atom stereocenters. The van der Waals surface area contributed by atoms with Gasteiger partial charge in [-0.1, -0.05) is 129 Å². The highest BCUT2D eigenvalue weighted by molar-refractivity contribution is 7.18. The van der Waals surface area contributed by atoms with Gasteiger partial charge in [-0.2, -0.15) is 21.0 Å². The molecule has 4 aromatic rings. The molecule has 0 spiro atoms. The molecule has 0 amide bonds. The van der Waals surface area contributed by atoms with Gasteiger partial charge in [0, 0.05) is 9.40 Å². The first-order valence-corrected chi connectivity index (χ1v) is 21.0. The highest BCUT2D eigenvalue weighted by Gasteiger charge is 2.18. The zero-order chi connectivity index (χ0) is 35.6. The number of aryl methyl sites for hydroxylation is 2. The average Bonchev–Trinajstić information content (AvgIpc) is 3.75. The van der Waals surface area contributed by atoms with E-state index in [1.165, 1.54) is 147 Å². The Labute approximate surface area is 308 Å². The quantitative estimate of drug-likeness (QED) is 0.0762. The summed E-state index contributed by atoms with van der Waals surface area (Å²) >= 11 is 3.14. The van der Waals surface area contributed by atoms with E-state index in [1.54, 1.807) is 22.7 Å². The van der Waals surface area contributed by atoms with Crippen molar-refractivity contribution in [2.75, 3.05) is 0 Å². The third-order valence-corrected chi connectivity index (χ3v) is 12.6. The van der Waals surface area contributed by atoms with E-state index in [2.05, 4.69) is 50.3 Å². The summed E-state index contributed by atoms with van der Waals surface area (Å²) in [6.07, 6.45) is 27.6. The van der Waals surface area contributed by atoms with Gasteiger partial charge in [0.1, 0.15) is 35.4 Å². The summed E-state index contributed by atoms with van der Waals surface area (Å²) in [5.41, 5.74) is 2.97. The molecule has 2 aromatic heterocycles. The summed E-state index contributed by atoms with van der Waals surface area (Å²) < 4.78 is 3.83. The molecule has 0 aliphatic heterocycles. The Morgan fingerprint density at radius 1 is 0.440 bits per heavy atom. The average molecular weight is 703 g/mol. The van der Waals surface area contributed by atoms with E-state index in [-0.39, 0.29) is 11.1 Å². The molecular weight excluding hydrogens is 649 g/mol. The maximum absolute atomic E-state index is 9.70. The molecule has 2 aromatic carbocycles. The van der Waals surface area contributed by atoms with Crippen molar-refractivity contribution in [3.8, 4) is 24.3 Å². The minimum atomic E-state index is 0.174. The van der Waals surface area contributed by atoms with Gasteiger partial charge in [0.25, 0.3) is 0 Å². The minimum absolute atomic E-state index is 0.174. The Morgan fingerprint density at radius 3 is 1.04 bits per heavy atom. The van der Waals surface area contributed by atoms with Gasteiger partial charge < -0.3 is 0 Å². The van der Waals surface area contributed by atoms with E-state index in [4.69, 9.17) is 0 Å². The lowest BCUT2D eigenvalue weighted by atomic mass is 9.91. The lowest BCUT2D eigenvalue weighted by Crippen LogP contribution is -1.94. The number of hydrogen-bond acceptors (Lipinski definition) is 6. The molecule has 2 heterocycles. The van der Waals surface area contributed by atoms with Crippen LogP contribution in [-0.2, 0) is 12.8 Å². The lowest BCUT2D eigenvalue weighted by Gasteiger charge is -2.14. The van der Waals surface area contributed by atoms with E-state index in [0.29, 0.717) is 0 Å². The van der Waals surface area contributed by atoms with Crippen LogP contribution in [0.25, 0.3) is 42.1 Å². The van der Waals surface area contributed by atoms with Gasteiger partial charge in [0.15, 0.2) is 0 Å². The fourth-order valence-electron chi connectivity index (χ4n) is 7.30. The van der Waals surface area contributed by atoms with Crippen molar-refractivity contribution >= 4 is 64.8 Å². The summed E-state index contributed by atoms with van der Waals surface area (Å²) in [6.45, 7) is 4.53. The van der Waals surface area contributed by atoms with Crippen LogP contribution < -0.4 is 9.06 Å². The van der Waals surface area contributed by atoms with Gasteiger partial charge in [0.05, 0.1) is 9.06 Å². The van der Waals surface area contributed by atoms with Crippen molar-refractivity contribution in [2.24, 2.45) is 0 Å². The second-order valence-electron chi connectivity index (χ2n) is 13.9. The first-order chi connectivity index (χ1) is 24.6. The van der Waals surface area contributed by atoms with Crippen LogP contribution in [0.4, 0.5) is 0 Å². The van der Waals surface area contributed by atoms with E-state index >= 15 is 0 Å². The maximum Gasteiger partial charge on any atom is 0.146 e. The molecule has 4 nitrogen and oxygen atoms in total. The first-order valence-electron chi connectivity index (χ1n) is 19.4. The standard InChI is InChI=1S/C44H54N4S2/c1-3-5-7-9-11-13-15-17-19-21-23-37-39-25-34-28-42(36(31-47)32-48)50-44(34)38(24-22-20-18-16-14-12-10-8-6-4-2)40(39)26-33-27-41(49-43(33)37)35(29-45)30-46/h25-28H,3-24H2,1-2H3. The zero-order valence-corrected chi connectivity index (χ0v) is 32.1. The summed E-state index contributed by atoms with van der Waals surface area (Å²) in [5, 5.41) is 43.5. The fraction of sp³-hybridized carbons (Fsp3) is 0.545. The van der Waals surface area contributed by atoms with E-state index < -0.39 is 0 Å². The summed E-state index contributed by atoms with van der Waals surface area (Å²) in [4.78, 5) is 0. The molecule has 50 heavy (non-hydrogen) atoms. The maximum atomic E-state index is 9.70. The number of benzene rings is 2. The Hall–Kier alpha value is -3.68. The van der Waals surface area contributed by atoms with E-state index in [1.807, 2.05) is 12.1 Å². The molecule has 6 heteroatoms. The van der Waals surface area contributed by atoms with Crippen LogP contribution in [0.15, 0.2) is 24.3 Å². The van der Waals surface area contributed by atoms with Gasteiger partial charge >= 0.3 is 0 Å². The summed E-state index contributed by atoms with van der Waals surface area (Å²) in [7, 11) is 0. The molecular formula is C44H54N4S2. The zero-order valence-electron chi connectivity index (χ0n) is 30.5. The lowest BCUT2D eigenvalue weighted by molar-refractivity contribution is 0.556. The van der Waals surface area contributed by atoms with Crippen molar-refractivity contribution in [2.45, 2.75) is 155 Å². The number of thiophene rings is 2. The first kappa shape index (κ1) is 39.1. The van der Waals surface area contributed by atoms with Crippen LogP contribution in [0.1, 0.15) is 153 Å². The van der Waals surface area contributed by atoms with Crippen LogP contribution >= 0.6 is 22.7 Å². The predicted molar refractivity (Wildman–Crippen MR) is 214 cm³/mol. The molecule has 4 rings (SSSR count). The van der Waals surface area contributed by atoms with E-state index in [0.717, 1.165) is 45.5 Å². The minimum Gasteiger partial charge on any atom is -0.192 e. The molecule has 0 unspecified atom stereocenters. The number of unbranched alkanes of at least 4 members (excludes halogenated alkanes) is 18. The van der Waals surface area contributed by atoms with E-state index in [9.17, 15) is 21.0 Å². The third kappa shape index (κ3) is 10.7. The normalized spacial score (nSPS) is 11.1. The van der Waals surface area contributed by atoms with Gasteiger partial charge in [-0.15, -0.1) is 22.7 Å². The van der Waals surface area contributed by atoms with Crippen molar-refractivity contribution in [3.63, 3.8) is 0 Å². The van der Waals surface area contributed by atoms with Gasteiger partial charge in [0.2, 0.25) is 0 Å². The highest BCUT2D eigenvalue weighted by atomic mass is 32.1. The second-order valence-corrected chi connectivity index (χ2v) is 16.0. The van der Waals surface area contributed by atoms with Crippen molar-refractivity contribution in [1.82, 2.24) is 0 Å². The predicted octanol–water partition coefficient (Wildman–Crippen LogP) is 12.6. The number of nitrogens with zero attached hydrogens (tertiary/aromatic N) is 4. The molecule has 0 aliphatic rings. The molecule has 0 aliphatic carbocycles. The Morgan fingerprint density at radius 2 is 0.740 bits per heavy atom. The van der Waals surface area contributed by atoms with Crippen molar-refractivity contribution < 1.29 is 0 Å². The van der Waals surface area contributed by atoms with Crippen molar-refractivity contribution in [1.29, 1.82) is 21.0 Å². The van der Waals surface area contributed by atoms with Gasteiger partial charge in [-0.05, 0) is 82.6 Å². The van der Waals surface area contributed by atoms with Crippen molar-refractivity contribution in [3.05, 3.63) is 44.5 Å². The molecule has 0 bridgehead atoms. The largest absolute Gasteiger partial charge is 0.192 e. The van der Waals surface area contributed by atoms with Crippen LogP contribution in [0.5, 0.6) is 0 Å². The van der Waals surface area contributed by atoms with Crippen LogP contribution in [0.2, 0.25) is 0 Å². The second kappa shape index (κ2) is 21.5. The number of rotatable bonds is 22. The number of fused-ring (bicyclic) bond motifs is 3. The van der Waals surface area contributed by atoms with Crippen LogP contribution in [-0.4, -0.2) is 0 Å². The molecule has 0 saturated heterocycles. The molecule has 0 saturated carbocycles. The fourth-order valence-corrected chi connectivity index (χ4v) is 9.64. The monoisotopic (exact) mass is 702 g/mol. The number of nitriles is 4. The molecule has 0 N–H and O–H groups in total. The molecule has 0 fully saturated rings. The Kier molecular flexibility index (Phi) is 16.8. The number of hydrogen-bond donors (Lipinski definition) is 0. The van der Waals surface area contributed by atoms with Gasteiger partial charge in [-0.25, -0.2) is 0 Å². The molecule has 0 radical (unpaired) electrons. The Bertz CT molecular complexity index is 1820. The van der Waals surface area contributed by atoms with Crippen LogP contribution in [0, 0.1) is 45.3 Å².